The molecule has 0 amide bonds. The van der Waals surface area contributed by atoms with Crippen molar-refractivity contribution < 1.29 is 19.4 Å². The van der Waals surface area contributed by atoms with Gasteiger partial charge in [-0.1, -0.05) is 18.5 Å². The first-order valence-corrected chi connectivity index (χ1v) is 8.72. The largest absolute Gasteiger partial charge is 0.485 e. The Labute approximate surface area is 146 Å². The van der Waals surface area contributed by atoms with E-state index >= 15 is 0 Å². The van der Waals surface area contributed by atoms with Gasteiger partial charge in [0.1, 0.15) is 6.61 Å². The van der Waals surface area contributed by atoms with E-state index in [1.54, 1.807) is 0 Å². The fraction of sp³-hybridized carbons (Fsp3) is 0.588. The highest BCUT2D eigenvalue weighted by Gasteiger charge is 2.32. The van der Waals surface area contributed by atoms with E-state index in [-0.39, 0.29) is 18.0 Å². The van der Waals surface area contributed by atoms with Gasteiger partial charge in [0.25, 0.3) is 0 Å². The minimum absolute atomic E-state index is 0.0231. The third kappa shape index (κ3) is 3.39. The second kappa shape index (κ2) is 7.07. The number of hydrogen-bond acceptors (Lipinski definition) is 5. The van der Waals surface area contributed by atoms with E-state index in [4.69, 9.17) is 31.9 Å². The number of carbonyl (C=O) groups is 1. The van der Waals surface area contributed by atoms with E-state index in [2.05, 4.69) is 11.8 Å². The zero-order chi connectivity index (χ0) is 17.3. The molecule has 3 N–H and O–H groups in total. The van der Waals surface area contributed by atoms with Crippen LogP contribution in [0, 0.1) is 5.92 Å². The molecule has 2 heterocycles. The van der Waals surface area contributed by atoms with Crippen molar-refractivity contribution in [1.29, 1.82) is 0 Å². The van der Waals surface area contributed by atoms with E-state index in [0.717, 1.165) is 44.5 Å². The lowest BCUT2D eigenvalue weighted by Crippen LogP contribution is -2.37. The second-order valence-electron chi connectivity index (χ2n) is 6.43. The number of fused-ring (bicyclic) bond motifs is 1. The number of nitrogen functional groups attached to an aromatic ring is 1. The van der Waals surface area contributed by atoms with Gasteiger partial charge in [-0.15, -0.1) is 0 Å². The second-order valence-corrected chi connectivity index (χ2v) is 6.83. The molecule has 0 aliphatic carbocycles. The molecule has 24 heavy (non-hydrogen) atoms. The lowest BCUT2D eigenvalue weighted by atomic mass is 9.89. The zero-order valence-electron chi connectivity index (χ0n) is 13.8. The van der Waals surface area contributed by atoms with Crippen LogP contribution >= 0.6 is 11.6 Å². The summed E-state index contributed by atoms with van der Waals surface area (Å²) in [6.07, 6.45) is 2.03. The molecule has 0 saturated carbocycles. The Balaban J connectivity index is 1.81. The van der Waals surface area contributed by atoms with Crippen molar-refractivity contribution in [1.82, 2.24) is 4.90 Å². The molecule has 0 bridgehead atoms. The molecule has 2 aliphatic rings. The number of nitrogens with two attached hydrogens (primary N) is 1. The average Bonchev–Trinajstić information content (AvgIpc) is 2.59. The summed E-state index contributed by atoms with van der Waals surface area (Å²) in [4.78, 5) is 13.6. The minimum atomic E-state index is -1.08. The van der Waals surface area contributed by atoms with E-state index in [1.807, 2.05) is 6.07 Å². The van der Waals surface area contributed by atoms with Crippen LogP contribution in [0.2, 0.25) is 5.02 Å². The number of benzene rings is 1. The number of carboxylic acids is 1. The number of piperidine rings is 1. The molecule has 2 aliphatic heterocycles. The highest BCUT2D eigenvalue weighted by atomic mass is 35.5. The molecule has 1 atom stereocenters. The molecule has 132 valence electrons. The quantitative estimate of drug-likeness (QED) is 0.808. The molecule has 7 heteroatoms. The van der Waals surface area contributed by atoms with Crippen molar-refractivity contribution in [3.05, 3.63) is 16.7 Å². The molecule has 1 aromatic carbocycles. The Kier molecular flexibility index (Phi) is 5.06. The number of likely N-dealkylation sites (tertiary alicyclic amines) is 1. The normalized spacial score (nSPS) is 21.7. The van der Waals surface area contributed by atoms with Gasteiger partial charge < -0.3 is 25.2 Å². The number of carboxylic acid groups (broad SMARTS) is 1. The lowest BCUT2D eigenvalue weighted by molar-refractivity contribution is -0.147. The molecular formula is C17H23ClN2O4. The van der Waals surface area contributed by atoms with Crippen molar-refractivity contribution in [2.24, 2.45) is 5.92 Å². The van der Waals surface area contributed by atoms with Crippen LogP contribution in [0.5, 0.6) is 11.5 Å². The van der Waals surface area contributed by atoms with Crippen molar-refractivity contribution in [2.45, 2.75) is 32.3 Å². The number of anilines is 1. The molecule has 0 spiro atoms. The monoisotopic (exact) mass is 354 g/mol. The summed E-state index contributed by atoms with van der Waals surface area (Å²) >= 11 is 6.23. The topological polar surface area (TPSA) is 85.0 Å². The zero-order valence-corrected chi connectivity index (χ0v) is 14.5. The summed E-state index contributed by atoms with van der Waals surface area (Å²) in [5.41, 5.74) is 7.15. The molecule has 6 nitrogen and oxygen atoms in total. The maximum atomic E-state index is 11.1. The third-order valence-electron chi connectivity index (χ3n) is 4.88. The van der Waals surface area contributed by atoms with Gasteiger partial charge in [0.15, 0.2) is 11.5 Å². The number of hydrogen-bond donors (Lipinski definition) is 2. The molecule has 1 saturated heterocycles. The van der Waals surface area contributed by atoms with Crippen molar-refractivity contribution in [3.8, 4) is 11.5 Å². The van der Waals surface area contributed by atoms with E-state index in [9.17, 15) is 4.79 Å². The van der Waals surface area contributed by atoms with Gasteiger partial charge in [-0.05, 0) is 56.4 Å². The number of halogens is 1. The molecular weight excluding hydrogens is 332 g/mol. The van der Waals surface area contributed by atoms with Crippen LogP contribution in [0.15, 0.2) is 6.07 Å². The average molecular weight is 355 g/mol. The molecule has 1 fully saturated rings. The van der Waals surface area contributed by atoms with Crippen LogP contribution in [0.25, 0.3) is 0 Å². The molecule has 1 aromatic rings. The minimum Gasteiger partial charge on any atom is -0.485 e. The van der Waals surface area contributed by atoms with Crippen LogP contribution in [-0.4, -0.2) is 48.3 Å². The first-order chi connectivity index (χ1) is 11.5. The molecule has 1 unspecified atom stereocenters. The van der Waals surface area contributed by atoms with Crippen LogP contribution in [-0.2, 0) is 11.2 Å². The Hall–Kier alpha value is -1.66. The van der Waals surface area contributed by atoms with Gasteiger partial charge in [0, 0.05) is 0 Å². The molecule has 3 rings (SSSR count). The maximum absolute atomic E-state index is 11.1. The van der Waals surface area contributed by atoms with Crippen LogP contribution in [0.1, 0.15) is 25.3 Å². The fourth-order valence-corrected chi connectivity index (χ4v) is 3.59. The van der Waals surface area contributed by atoms with E-state index < -0.39 is 12.1 Å². The first kappa shape index (κ1) is 17.2. The van der Waals surface area contributed by atoms with Crippen molar-refractivity contribution in [2.75, 3.05) is 32.0 Å². The summed E-state index contributed by atoms with van der Waals surface area (Å²) in [5, 5.41) is 9.50. The highest BCUT2D eigenvalue weighted by molar-refractivity contribution is 6.33. The summed E-state index contributed by atoms with van der Waals surface area (Å²) in [5.74, 6) is 0.292. The van der Waals surface area contributed by atoms with Gasteiger partial charge in [-0.3, -0.25) is 0 Å². The Morgan fingerprint density at radius 1 is 1.42 bits per heavy atom. The van der Waals surface area contributed by atoms with Gasteiger partial charge in [0.2, 0.25) is 6.10 Å². The van der Waals surface area contributed by atoms with Crippen LogP contribution in [0.4, 0.5) is 5.69 Å². The predicted molar refractivity (Wildman–Crippen MR) is 92.0 cm³/mol. The smallest absolute Gasteiger partial charge is 0.348 e. The summed E-state index contributed by atoms with van der Waals surface area (Å²) in [6, 6.07) is 1.83. The summed E-state index contributed by atoms with van der Waals surface area (Å²) in [7, 11) is 0. The third-order valence-corrected chi connectivity index (χ3v) is 5.19. The standard InChI is InChI=1S/C17H23ClN2O4/c1-2-20-5-3-10(4-6-20)7-11-8-12(18)14(19)16-15(11)23-9-13(24-16)17(21)22/h8,10,13H,2-7,9,19H2,1H3,(H,21,22). The van der Waals surface area contributed by atoms with E-state index in [0.29, 0.717) is 16.7 Å². The summed E-state index contributed by atoms with van der Waals surface area (Å²) in [6.45, 7) is 5.45. The van der Waals surface area contributed by atoms with Gasteiger partial charge in [-0.25, -0.2) is 4.79 Å². The predicted octanol–water partition coefficient (Wildman–Crippen LogP) is 2.42. The number of nitrogens with zero attached hydrogens (tertiary/aromatic N) is 1. The van der Waals surface area contributed by atoms with Crippen LogP contribution < -0.4 is 15.2 Å². The maximum Gasteiger partial charge on any atom is 0.348 e. The van der Waals surface area contributed by atoms with Crippen molar-refractivity contribution in [3.63, 3.8) is 0 Å². The lowest BCUT2D eigenvalue weighted by Gasteiger charge is -2.32. The number of aliphatic carboxylic acids is 1. The highest BCUT2D eigenvalue weighted by Crippen LogP contribution is 2.45. The SMILES string of the molecule is CCN1CCC(Cc2cc(Cl)c(N)c3c2OCC(C(=O)O)O3)CC1. The summed E-state index contributed by atoms with van der Waals surface area (Å²) < 4.78 is 11.2. The Morgan fingerprint density at radius 3 is 2.75 bits per heavy atom. The number of rotatable bonds is 4. The number of ether oxygens (including phenoxy) is 2. The van der Waals surface area contributed by atoms with Gasteiger partial charge in [-0.2, -0.15) is 0 Å². The first-order valence-electron chi connectivity index (χ1n) is 8.35. The van der Waals surface area contributed by atoms with Crippen LogP contribution in [0.3, 0.4) is 0 Å². The molecule has 0 radical (unpaired) electrons. The fourth-order valence-electron chi connectivity index (χ4n) is 3.37. The van der Waals surface area contributed by atoms with Gasteiger partial charge >= 0.3 is 5.97 Å². The Morgan fingerprint density at radius 2 is 2.12 bits per heavy atom. The van der Waals surface area contributed by atoms with Crippen molar-refractivity contribution >= 4 is 23.3 Å². The Bertz CT molecular complexity index is 630. The van der Waals surface area contributed by atoms with Gasteiger partial charge in [0.05, 0.1) is 10.7 Å². The van der Waals surface area contributed by atoms with E-state index in [1.165, 1.54) is 0 Å². The molecule has 0 aromatic heterocycles.